The molecular weight excluding hydrogens is 267 g/mol. The molecule has 1 nitrogen and oxygen atoms in total. The van der Waals surface area contributed by atoms with E-state index in [0.717, 1.165) is 5.56 Å². The maximum absolute atomic E-state index is 9.86. The van der Waals surface area contributed by atoms with E-state index in [1.165, 1.54) is 10.8 Å². The molecule has 2 rings (SSSR count). The van der Waals surface area contributed by atoms with Gasteiger partial charge in [-0.15, -0.1) is 0 Å². The van der Waals surface area contributed by atoms with Crippen molar-refractivity contribution in [2.75, 3.05) is 0 Å². The third-order valence-corrected chi connectivity index (χ3v) is 3.14. The van der Waals surface area contributed by atoms with Gasteiger partial charge in [-0.3, -0.25) is 0 Å². The van der Waals surface area contributed by atoms with Crippen molar-refractivity contribution in [2.24, 2.45) is 0 Å². The molecule has 1 atom stereocenters. The summed E-state index contributed by atoms with van der Waals surface area (Å²) >= 11 is 11.0. The molecule has 0 heterocycles. The van der Waals surface area contributed by atoms with E-state index >= 15 is 0 Å². The van der Waals surface area contributed by atoms with Gasteiger partial charge in [-0.05, 0) is 29.2 Å². The Morgan fingerprint density at radius 2 is 1.83 bits per heavy atom. The lowest BCUT2D eigenvalue weighted by atomic mass is 10.0. The van der Waals surface area contributed by atoms with Crippen molar-refractivity contribution in [1.29, 1.82) is 0 Å². The molecule has 0 aliphatic rings. The average molecular weight is 281 g/mol. The van der Waals surface area contributed by atoms with Gasteiger partial charge in [-0.2, -0.15) is 0 Å². The Labute approximate surface area is 117 Å². The van der Waals surface area contributed by atoms with E-state index in [1.807, 2.05) is 18.2 Å². The van der Waals surface area contributed by atoms with Gasteiger partial charge in [0.15, 0.2) is 0 Å². The summed E-state index contributed by atoms with van der Waals surface area (Å²) in [5.74, 6) is 0. The molecule has 0 saturated heterocycles. The molecule has 0 fully saturated rings. The zero-order valence-electron chi connectivity index (χ0n) is 9.81. The first-order valence-electron chi connectivity index (χ1n) is 5.82. The molecule has 3 heteroatoms. The molecule has 0 aliphatic carbocycles. The second kappa shape index (κ2) is 6.24. The molecule has 18 heavy (non-hydrogen) atoms. The summed E-state index contributed by atoms with van der Waals surface area (Å²) in [7, 11) is 0. The number of halogens is 2. The Morgan fingerprint density at radius 1 is 1.11 bits per heavy atom. The van der Waals surface area contributed by atoms with Crippen LogP contribution in [0.15, 0.2) is 53.0 Å². The summed E-state index contributed by atoms with van der Waals surface area (Å²) in [6.45, 7) is 0. The van der Waals surface area contributed by atoms with Crippen LogP contribution in [0, 0.1) is 0 Å². The Kier molecular flexibility index (Phi) is 4.65. The van der Waals surface area contributed by atoms with Crippen molar-refractivity contribution in [3.05, 3.63) is 58.6 Å². The van der Waals surface area contributed by atoms with Gasteiger partial charge >= 0.3 is 0 Å². The van der Waals surface area contributed by atoms with Crippen molar-refractivity contribution in [3.63, 3.8) is 0 Å². The monoisotopic (exact) mass is 280 g/mol. The number of aliphatic hydroxyl groups is 1. The third kappa shape index (κ3) is 3.74. The Balaban J connectivity index is 2.09. The maximum Gasteiger partial charge on any atom is 0.102 e. The zero-order chi connectivity index (χ0) is 13.0. The highest BCUT2D eigenvalue weighted by atomic mass is 35.5. The van der Waals surface area contributed by atoms with Crippen LogP contribution in [0.25, 0.3) is 10.8 Å². The molecule has 0 aromatic heterocycles. The van der Waals surface area contributed by atoms with E-state index in [9.17, 15) is 5.11 Å². The second-order valence-electron chi connectivity index (χ2n) is 4.27. The van der Waals surface area contributed by atoms with E-state index in [-0.39, 0.29) is 4.49 Å². The van der Waals surface area contributed by atoms with Crippen molar-refractivity contribution >= 4 is 34.0 Å². The molecule has 94 valence electrons. The van der Waals surface area contributed by atoms with E-state index in [1.54, 1.807) is 6.08 Å². The minimum atomic E-state index is -0.460. The molecule has 0 saturated carbocycles. The first-order valence-corrected chi connectivity index (χ1v) is 6.57. The first kappa shape index (κ1) is 13.4. The normalized spacial score (nSPS) is 12.4. The van der Waals surface area contributed by atoms with Crippen LogP contribution in [0.3, 0.4) is 0 Å². The molecule has 2 aromatic carbocycles. The topological polar surface area (TPSA) is 20.2 Å². The average Bonchev–Trinajstić information content (AvgIpc) is 2.36. The van der Waals surface area contributed by atoms with Crippen LogP contribution in [0.5, 0.6) is 0 Å². The van der Waals surface area contributed by atoms with Crippen LogP contribution in [0.2, 0.25) is 0 Å². The minimum absolute atomic E-state index is 0.201. The fourth-order valence-electron chi connectivity index (χ4n) is 1.95. The van der Waals surface area contributed by atoms with E-state index in [2.05, 4.69) is 24.3 Å². The summed E-state index contributed by atoms with van der Waals surface area (Å²) in [5, 5.41) is 12.3. The summed E-state index contributed by atoms with van der Waals surface area (Å²) in [6.07, 6.45) is 2.23. The Bertz CT molecular complexity index is 559. The summed E-state index contributed by atoms with van der Waals surface area (Å²) in [5.41, 5.74) is 1.11. The summed E-state index contributed by atoms with van der Waals surface area (Å²) in [6, 6.07) is 14.4. The Morgan fingerprint density at radius 3 is 2.56 bits per heavy atom. The van der Waals surface area contributed by atoms with E-state index in [4.69, 9.17) is 23.2 Å². The van der Waals surface area contributed by atoms with Crippen molar-refractivity contribution < 1.29 is 5.11 Å². The highest BCUT2D eigenvalue weighted by Crippen LogP contribution is 2.18. The predicted octanol–water partition coefficient (Wildman–Crippen LogP) is 4.45. The largest absolute Gasteiger partial charge is 0.392 e. The van der Waals surface area contributed by atoms with Crippen molar-refractivity contribution in [2.45, 2.75) is 18.9 Å². The van der Waals surface area contributed by atoms with Gasteiger partial charge < -0.3 is 5.11 Å². The molecule has 0 unspecified atom stereocenters. The first-order chi connectivity index (χ1) is 8.65. The van der Waals surface area contributed by atoms with Crippen LogP contribution in [-0.2, 0) is 6.42 Å². The molecule has 1 N–H and O–H groups in total. The van der Waals surface area contributed by atoms with Gasteiger partial charge in [0, 0.05) is 0 Å². The van der Waals surface area contributed by atoms with E-state index in [0.29, 0.717) is 12.8 Å². The quantitative estimate of drug-likeness (QED) is 0.877. The number of fused-ring (bicyclic) bond motifs is 1. The molecule has 0 radical (unpaired) electrons. The predicted molar refractivity (Wildman–Crippen MR) is 78.1 cm³/mol. The molecule has 0 aliphatic heterocycles. The highest BCUT2D eigenvalue weighted by molar-refractivity contribution is 6.55. The lowest BCUT2D eigenvalue weighted by Gasteiger charge is -2.09. The fourth-order valence-corrected chi connectivity index (χ4v) is 2.12. The summed E-state index contributed by atoms with van der Waals surface area (Å²) < 4.78 is 0.201. The van der Waals surface area contributed by atoms with Gasteiger partial charge in [0.25, 0.3) is 0 Å². The smallest absolute Gasteiger partial charge is 0.102 e. The molecule has 2 aromatic rings. The van der Waals surface area contributed by atoms with Gasteiger partial charge in [0.2, 0.25) is 0 Å². The van der Waals surface area contributed by atoms with Gasteiger partial charge in [0.05, 0.1) is 6.10 Å². The lowest BCUT2D eigenvalue weighted by molar-refractivity contribution is 0.178. The summed E-state index contributed by atoms with van der Waals surface area (Å²) in [4.78, 5) is 0. The number of hydrogen-bond acceptors (Lipinski definition) is 1. The van der Waals surface area contributed by atoms with Crippen molar-refractivity contribution in [1.82, 2.24) is 0 Å². The SMILES string of the molecule is O[C@@H](CC=C(Cl)Cl)Cc1ccc2ccccc2c1. The molecular formula is C15H14Cl2O. The lowest BCUT2D eigenvalue weighted by Crippen LogP contribution is -2.08. The minimum Gasteiger partial charge on any atom is -0.392 e. The van der Waals surface area contributed by atoms with Crippen LogP contribution >= 0.6 is 23.2 Å². The van der Waals surface area contributed by atoms with Crippen molar-refractivity contribution in [3.8, 4) is 0 Å². The highest BCUT2D eigenvalue weighted by Gasteiger charge is 2.05. The van der Waals surface area contributed by atoms with Crippen LogP contribution in [-0.4, -0.2) is 11.2 Å². The molecule has 0 bridgehead atoms. The van der Waals surface area contributed by atoms with Gasteiger partial charge in [0.1, 0.15) is 4.49 Å². The zero-order valence-corrected chi connectivity index (χ0v) is 11.3. The molecule has 0 amide bonds. The van der Waals surface area contributed by atoms with Crippen LogP contribution < -0.4 is 0 Å². The number of benzene rings is 2. The second-order valence-corrected chi connectivity index (χ2v) is 5.28. The van der Waals surface area contributed by atoms with Crippen LogP contribution in [0.4, 0.5) is 0 Å². The third-order valence-electron chi connectivity index (χ3n) is 2.83. The number of rotatable bonds is 4. The number of aliphatic hydroxyl groups excluding tert-OH is 1. The fraction of sp³-hybridized carbons (Fsp3) is 0.200. The maximum atomic E-state index is 9.86. The molecule has 0 spiro atoms. The van der Waals surface area contributed by atoms with Crippen LogP contribution in [0.1, 0.15) is 12.0 Å². The number of hydrogen-bond donors (Lipinski definition) is 1. The van der Waals surface area contributed by atoms with Gasteiger partial charge in [-0.25, -0.2) is 0 Å². The van der Waals surface area contributed by atoms with E-state index < -0.39 is 6.10 Å². The standard InChI is InChI=1S/C15H14Cl2O/c16-15(17)8-7-14(18)10-11-5-6-12-3-1-2-4-13(12)9-11/h1-6,8-9,14,18H,7,10H2/t14-/m0/s1. The van der Waals surface area contributed by atoms with Gasteiger partial charge in [-0.1, -0.05) is 71.7 Å². The Hall–Kier alpha value is -1.02.